The summed E-state index contributed by atoms with van der Waals surface area (Å²) in [6.07, 6.45) is -4.75. The van der Waals surface area contributed by atoms with Crippen LogP contribution in [0.5, 0.6) is 17.6 Å². The molecule has 2 heterocycles. The number of anilines is 1. The van der Waals surface area contributed by atoms with Gasteiger partial charge < -0.3 is 15.2 Å². The average molecular weight is 440 g/mol. The van der Waals surface area contributed by atoms with Crippen molar-refractivity contribution in [1.82, 2.24) is 23.9 Å². The molecule has 1 aromatic carbocycles. The van der Waals surface area contributed by atoms with Crippen molar-refractivity contribution >= 4 is 11.6 Å². The summed E-state index contributed by atoms with van der Waals surface area (Å²) in [6.45, 7) is 0. The molecular weight excluding hydrogens is 425 g/mol. The first-order valence-electron chi connectivity index (χ1n) is 8.46. The highest BCUT2D eigenvalue weighted by molar-refractivity contribution is 6.05. The van der Waals surface area contributed by atoms with Crippen LogP contribution in [0.15, 0.2) is 33.9 Å². The van der Waals surface area contributed by atoms with Crippen molar-refractivity contribution < 1.29 is 27.8 Å². The second-order valence-corrected chi connectivity index (χ2v) is 6.33. The molecule has 2 N–H and O–H groups in total. The fourth-order valence-corrected chi connectivity index (χ4v) is 2.55. The Balaban J connectivity index is 1.87. The Morgan fingerprint density at radius 1 is 1.16 bits per heavy atom. The standard InChI is InChI=1S/C17H15F3N6O5/c1-24-12(28)10(13(29)25(2)16(24)30)11(27)21-8-5-4-6-9(7-8)31-15-22-14(17(18,19)20)23-26(15)3/h4-7,28H,1-3H3,(H,21,27). The first kappa shape index (κ1) is 21.6. The summed E-state index contributed by atoms with van der Waals surface area (Å²) in [6, 6.07) is 5.03. The zero-order valence-corrected chi connectivity index (χ0v) is 16.3. The molecule has 0 spiro atoms. The summed E-state index contributed by atoms with van der Waals surface area (Å²) < 4.78 is 45.6. The lowest BCUT2D eigenvalue weighted by Crippen LogP contribution is -2.40. The minimum Gasteiger partial charge on any atom is -0.494 e. The third kappa shape index (κ3) is 4.12. The molecule has 0 unspecified atom stereocenters. The van der Waals surface area contributed by atoms with Crippen LogP contribution in [-0.2, 0) is 27.3 Å². The molecule has 164 valence electrons. The van der Waals surface area contributed by atoms with Gasteiger partial charge in [-0.15, -0.1) is 5.10 Å². The number of nitrogens with one attached hydrogen (secondary N) is 1. The van der Waals surface area contributed by atoms with Crippen molar-refractivity contribution in [1.29, 1.82) is 0 Å². The number of hydrogen-bond acceptors (Lipinski definition) is 7. The van der Waals surface area contributed by atoms with Crippen LogP contribution in [0, 0.1) is 0 Å². The van der Waals surface area contributed by atoms with Crippen LogP contribution in [0.4, 0.5) is 18.9 Å². The quantitative estimate of drug-likeness (QED) is 0.618. The normalized spacial score (nSPS) is 11.4. The second kappa shape index (κ2) is 7.62. The molecule has 0 saturated heterocycles. The largest absolute Gasteiger partial charge is 0.494 e. The summed E-state index contributed by atoms with van der Waals surface area (Å²) in [5.41, 5.74) is -2.41. The van der Waals surface area contributed by atoms with Crippen LogP contribution < -0.4 is 21.3 Å². The smallest absolute Gasteiger partial charge is 0.453 e. The number of aromatic nitrogens is 5. The molecule has 0 saturated carbocycles. The van der Waals surface area contributed by atoms with Crippen molar-refractivity contribution in [2.24, 2.45) is 21.1 Å². The summed E-state index contributed by atoms with van der Waals surface area (Å²) in [7, 11) is 3.53. The maximum Gasteiger partial charge on any atom is 0.453 e. The molecule has 3 rings (SSSR count). The molecule has 1 amide bonds. The predicted molar refractivity (Wildman–Crippen MR) is 99.1 cm³/mol. The first-order valence-corrected chi connectivity index (χ1v) is 8.46. The summed E-state index contributed by atoms with van der Waals surface area (Å²) in [4.78, 5) is 39.8. The van der Waals surface area contributed by atoms with Gasteiger partial charge in [-0.05, 0) is 12.1 Å². The Labute approximate surface area is 170 Å². The lowest BCUT2D eigenvalue weighted by atomic mass is 10.2. The van der Waals surface area contributed by atoms with E-state index in [1.807, 2.05) is 0 Å². The van der Waals surface area contributed by atoms with Crippen LogP contribution in [-0.4, -0.2) is 34.9 Å². The molecular formula is C17H15F3N6O5. The summed E-state index contributed by atoms with van der Waals surface area (Å²) in [5.74, 6) is -3.20. The van der Waals surface area contributed by atoms with E-state index in [0.717, 1.165) is 16.3 Å². The van der Waals surface area contributed by atoms with E-state index in [-0.39, 0.29) is 11.4 Å². The fraction of sp³-hybridized carbons (Fsp3) is 0.235. The third-order valence-electron chi connectivity index (χ3n) is 4.14. The van der Waals surface area contributed by atoms with E-state index < -0.39 is 46.6 Å². The summed E-state index contributed by atoms with van der Waals surface area (Å²) >= 11 is 0. The number of benzene rings is 1. The van der Waals surface area contributed by atoms with Gasteiger partial charge in [0.1, 0.15) is 5.75 Å². The highest BCUT2D eigenvalue weighted by Crippen LogP contribution is 2.29. The number of halogens is 3. The topological polar surface area (TPSA) is 133 Å². The Bertz CT molecular complexity index is 1290. The number of nitrogens with zero attached hydrogens (tertiary/aromatic N) is 5. The van der Waals surface area contributed by atoms with Crippen LogP contribution in [0.1, 0.15) is 16.2 Å². The Morgan fingerprint density at radius 3 is 2.45 bits per heavy atom. The number of amides is 1. The zero-order chi connectivity index (χ0) is 23.1. The molecule has 3 aromatic rings. The molecule has 0 bridgehead atoms. The molecule has 0 aliphatic carbocycles. The van der Waals surface area contributed by atoms with Gasteiger partial charge in [0.15, 0.2) is 5.56 Å². The predicted octanol–water partition coefficient (Wildman–Crippen LogP) is 0.981. The van der Waals surface area contributed by atoms with E-state index in [2.05, 4.69) is 15.4 Å². The highest BCUT2D eigenvalue weighted by Gasteiger charge is 2.37. The van der Waals surface area contributed by atoms with Gasteiger partial charge in [0.25, 0.3) is 17.3 Å². The van der Waals surface area contributed by atoms with Crippen LogP contribution in [0.2, 0.25) is 0 Å². The zero-order valence-electron chi connectivity index (χ0n) is 16.3. The number of aryl methyl sites for hydroxylation is 1. The van der Waals surface area contributed by atoms with Gasteiger partial charge in [0.2, 0.25) is 5.88 Å². The van der Waals surface area contributed by atoms with Crippen LogP contribution >= 0.6 is 0 Å². The van der Waals surface area contributed by atoms with E-state index in [1.165, 1.54) is 38.4 Å². The van der Waals surface area contributed by atoms with E-state index in [0.29, 0.717) is 4.57 Å². The summed E-state index contributed by atoms with van der Waals surface area (Å²) in [5, 5.41) is 15.6. The van der Waals surface area contributed by atoms with Crippen molar-refractivity contribution in [3.63, 3.8) is 0 Å². The van der Waals surface area contributed by atoms with Crippen molar-refractivity contribution in [2.45, 2.75) is 6.18 Å². The van der Waals surface area contributed by atoms with Gasteiger partial charge in [0, 0.05) is 32.9 Å². The van der Waals surface area contributed by atoms with E-state index in [4.69, 9.17) is 4.74 Å². The Morgan fingerprint density at radius 2 is 1.84 bits per heavy atom. The highest BCUT2D eigenvalue weighted by atomic mass is 19.4. The molecule has 0 fully saturated rings. The Kier molecular flexibility index (Phi) is 5.31. The maximum atomic E-state index is 12.7. The lowest BCUT2D eigenvalue weighted by molar-refractivity contribution is -0.145. The maximum absolute atomic E-state index is 12.7. The molecule has 0 radical (unpaired) electrons. The van der Waals surface area contributed by atoms with Gasteiger partial charge >= 0.3 is 17.9 Å². The van der Waals surface area contributed by atoms with E-state index in [1.54, 1.807) is 0 Å². The molecule has 2 aromatic heterocycles. The van der Waals surface area contributed by atoms with Gasteiger partial charge in [-0.1, -0.05) is 6.07 Å². The molecule has 0 aliphatic rings. The number of carbonyl (C=O) groups is 1. The minimum absolute atomic E-state index is 0.0135. The number of ether oxygens (including phenoxy) is 1. The third-order valence-corrected chi connectivity index (χ3v) is 4.14. The van der Waals surface area contributed by atoms with E-state index in [9.17, 15) is 32.7 Å². The molecule has 0 atom stereocenters. The monoisotopic (exact) mass is 440 g/mol. The SMILES string of the molecule is Cn1nc(C(F)(F)F)nc1Oc1cccc(NC(=O)c2c(O)n(C)c(=O)n(C)c2=O)c1. The molecule has 14 heteroatoms. The van der Waals surface area contributed by atoms with Crippen LogP contribution in [0.3, 0.4) is 0 Å². The fourth-order valence-electron chi connectivity index (χ4n) is 2.55. The first-order chi connectivity index (χ1) is 14.4. The Hall–Kier alpha value is -4.10. The molecule has 11 nitrogen and oxygen atoms in total. The van der Waals surface area contributed by atoms with Gasteiger partial charge in [-0.3, -0.25) is 18.7 Å². The molecule has 31 heavy (non-hydrogen) atoms. The van der Waals surface area contributed by atoms with Gasteiger partial charge in [0.05, 0.1) is 0 Å². The van der Waals surface area contributed by atoms with Crippen LogP contribution in [0.25, 0.3) is 0 Å². The number of rotatable bonds is 4. The lowest BCUT2D eigenvalue weighted by Gasteiger charge is -2.11. The number of hydrogen-bond donors (Lipinski definition) is 2. The second-order valence-electron chi connectivity index (χ2n) is 6.33. The van der Waals surface area contributed by atoms with Gasteiger partial charge in [-0.2, -0.15) is 18.2 Å². The van der Waals surface area contributed by atoms with E-state index >= 15 is 0 Å². The number of carbonyl (C=O) groups excluding carboxylic acids is 1. The number of alkyl halides is 3. The van der Waals surface area contributed by atoms with Crippen molar-refractivity contribution in [2.75, 3.05) is 5.32 Å². The number of aromatic hydroxyl groups is 1. The molecule has 0 aliphatic heterocycles. The van der Waals surface area contributed by atoms with Crippen molar-refractivity contribution in [3.05, 3.63) is 56.5 Å². The average Bonchev–Trinajstić information content (AvgIpc) is 3.06. The van der Waals surface area contributed by atoms with Gasteiger partial charge in [-0.25, -0.2) is 9.48 Å². The van der Waals surface area contributed by atoms with Crippen molar-refractivity contribution in [3.8, 4) is 17.6 Å². The minimum atomic E-state index is -4.75.